The van der Waals surface area contributed by atoms with Crippen molar-refractivity contribution in [3.05, 3.63) is 76.4 Å². The van der Waals surface area contributed by atoms with Crippen molar-refractivity contribution in [3.63, 3.8) is 0 Å². The Bertz CT molecular complexity index is 1450. The van der Waals surface area contributed by atoms with Crippen molar-refractivity contribution >= 4 is 11.6 Å². The normalized spacial score (nSPS) is 23.9. The Hall–Kier alpha value is -3.24. The van der Waals surface area contributed by atoms with Gasteiger partial charge in [0, 0.05) is 48.8 Å². The van der Waals surface area contributed by atoms with Gasteiger partial charge in [0.25, 0.3) is 5.91 Å². The van der Waals surface area contributed by atoms with Crippen LogP contribution in [0.5, 0.6) is 0 Å². The Kier molecular flexibility index (Phi) is 6.05. The van der Waals surface area contributed by atoms with Crippen molar-refractivity contribution in [1.82, 2.24) is 19.7 Å². The number of aromatic nitrogens is 3. The second-order valence-electron chi connectivity index (χ2n) is 11.9. The predicted octanol–water partition coefficient (Wildman–Crippen LogP) is 5.02. The lowest BCUT2D eigenvalue weighted by Crippen LogP contribution is -2.49. The minimum Gasteiger partial charge on any atom is -0.379 e. The molecular weight excluding hydrogens is 519 g/mol. The lowest BCUT2D eigenvalue weighted by molar-refractivity contribution is -0.138. The molecular formula is C30H32F3N5O2. The van der Waals surface area contributed by atoms with Gasteiger partial charge in [0.1, 0.15) is 12.2 Å². The van der Waals surface area contributed by atoms with E-state index in [1.54, 1.807) is 18.5 Å². The van der Waals surface area contributed by atoms with Crippen LogP contribution in [-0.2, 0) is 42.9 Å². The smallest absolute Gasteiger partial charge is 0.379 e. The summed E-state index contributed by atoms with van der Waals surface area (Å²) in [5, 5.41) is 8.21. The van der Waals surface area contributed by atoms with Crippen molar-refractivity contribution in [2.75, 3.05) is 18.1 Å². The highest BCUT2D eigenvalue weighted by molar-refractivity contribution is 6.10. The molecule has 0 radical (unpaired) electrons. The molecule has 0 aliphatic carbocycles. The Morgan fingerprint density at radius 1 is 1.07 bits per heavy atom. The summed E-state index contributed by atoms with van der Waals surface area (Å²) in [6.07, 6.45) is 3.31. The first-order chi connectivity index (χ1) is 19.2. The number of piperidine rings is 1. The number of halogens is 3. The number of amides is 1. The molecule has 2 unspecified atom stereocenters. The molecule has 4 aliphatic rings. The number of carbonyl (C=O) groups excluding carboxylic acids is 1. The van der Waals surface area contributed by atoms with Gasteiger partial charge in [0.2, 0.25) is 0 Å². The van der Waals surface area contributed by atoms with E-state index >= 15 is 0 Å². The number of hydrogen-bond acceptors (Lipinski definition) is 5. The molecule has 1 aromatic heterocycles. The molecule has 2 aromatic carbocycles. The SMILES string of the molecule is Cn1cnnc1CC1(c2cccc(N3Cc4c(cc(CN5C6CCCC5CC6)cc4C(F)(F)F)C3=O)c2)COC1. The fourth-order valence-electron chi connectivity index (χ4n) is 7.21. The number of alkyl halides is 3. The maximum atomic E-state index is 14.3. The van der Waals surface area contributed by atoms with E-state index < -0.39 is 11.7 Å². The van der Waals surface area contributed by atoms with Crippen LogP contribution in [0.15, 0.2) is 42.7 Å². The number of aryl methyl sites for hydroxylation is 1. The number of ether oxygens (including phenoxy) is 1. The average molecular weight is 552 g/mol. The van der Waals surface area contributed by atoms with Gasteiger partial charge < -0.3 is 14.2 Å². The highest BCUT2D eigenvalue weighted by Crippen LogP contribution is 2.43. The van der Waals surface area contributed by atoms with Gasteiger partial charge in [-0.05, 0) is 66.6 Å². The van der Waals surface area contributed by atoms with Crippen LogP contribution in [0, 0.1) is 0 Å². The number of fused-ring (bicyclic) bond motifs is 3. The highest BCUT2D eigenvalue weighted by Gasteiger charge is 2.44. The minimum absolute atomic E-state index is 0.0639. The van der Waals surface area contributed by atoms with Crippen molar-refractivity contribution < 1.29 is 22.7 Å². The van der Waals surface area contributed by atoms with Crippen LogP contribution in [0.2, 0.25) is 0 Å². The van der Waals surface area contributed by atoms with Crippen LogP contribution in [0.25, 0.3) is 0 Å². The van der Waals surface area contributed by atoms with Gasteiger partial charge in [-0.1, -0.05) is 18.6 Å². The molecule has 0 saturated carbocycles. The van der Waals surface area contributed by atoms with Crippen molar-refractivity contribution in [2.45, 2.75) is 75.3 Å². The van der Waals surface area contributed by atoms with E-state index in [1.807, 2.05) is 29.8 Å². The van der Waals surface area contributed by atoms with Crippen molar-refractivity contribution in [2.24, 2.45) is 7.05 Å². The third-order valence-electron chi connectivity index (χ3n) is 9.45. The van der Waals surface area contributed by atoms with Gasteiger partial charge in [-0.2, -0.15) is 13.2 Å². The number of carbonyl (C=O) groups is 1. The quantitative estimate of drug-likeness (QED) is 0.431. The second-order valence-corrected chi connectivity index (χ2v) is 11.9. The minimum atomic E-state index is -4.54. The fourth-order valence-corrected chi connectivity index (χ4v) is 7.21. The largest absolute Gasteiger partial charge is 0.416 e. The third-order valence-corrected chi connectivity index (χ3v) is 9.45. The van der Waals surface area contributed by atoms with Crippen LogP contribution in [-0.4, -0.2) is 50.9 Å². The Morgan fingerprint density at radius 2 is 1.85 bits per heavy atom. The second kappa shape index (κ2) is 9.41. The summed E-state index contributed by atoms with van der Waals surface area (Å²) in [4.78, 5) is 17.5. The molecule has 40 heavy (non-hydrogen) atoms. The monoisotopic (exact) mass is 551 g/mol. The predicted molar refractivity (Wildman–Crippen MR) is 142 cm³/mol. The van der Waals surface area contributed by atoms with Crippen LogP contribution < -0.4 is 4.90 Å². The summed E-state index contributed by atoms with van der Waals surface area (Å²) < 4.78 is 50.5. The van der Waals surface area contributed by atoms with Crippen LogP contribution in [0.4, 0.5) is 18.9 Å². The number of benzene rings is 2. The van der Waals surface area contributed by atoms with Gasteiger partial charge in [-0.3, -0.25) is 9.69 Å². The molecule has 7 rings (SSSR count). The van der Waals surface area contributed by atoms with Crippen LogP contribution in [0.1, 0.15) is 70.5 Å². The van der Waals surface area contributed by atoms with E-state index in [0.717, 1.165) is 37.1 Å². The van der Waals surface area contributed by atoms with E-state index in [1.165, 1.54) is 17.4 Å². The lowest BCUT2D eigenvalue weighted by Gasteiger charge is -2.42. The molecule has 4 aliphatic heterocycles. The zero-order valence-corrected chi connectivity index (χ0v) is 22.5. The first-order valence-electron chi connectivity index (χ1n) is 14.0. The molecule has 1 amide bonds. The molecule has 2 atom stereocenters. The highest BCUT2D eigenvalue weighted by atomic mass is 19.4. The van der Waals surface area contributed by atoms with E-state index in [9.17, 15) is 18.0 Å². The van der Waals surface area contributed by atoms with E-state index in [-0.39, 0.29) is 29.0 Å². The zero-order valence-electron chi connectivity index (χ0n) is 22.5. The Morgan fingerprint density at radius 3 is 2.50 bits per heavy atom. The summed E-state index contributed by atoms with van der Waals surface area (Å²) in [6, 6.07) is 11.4. The van der Waals surface area contributed by atoms with Crippen LogP contribution >= 0.6 is 0 Å². The number of anilines is 1. The Labute approximate surface area is 230 Å². The summed E-state index contributed by atoms with van der Waals surface area (Å²) in [5.74, 6) is 0.441. The summed E-state index contributed by atoms with van der Waals surface area (Å²) in [5.41, 5.74) is 1.34. The molecule has 5 heterocycles. The standard InChI is InChI=1S/C30H32F3N5O2/c1-36-18-34-35-27(36)13-29(16-40-17-29)20-4-2-7-23(12-20)38-15-25-24(28(38)39)10-19(11-26(25)30(31,32)33)14-37-21-5-3-6-22(37)9-8-21/h2,4,7,10-12,18,21-22H,3,5-6,8-9,13-17H2,1H3. The maximum absolute atomic E-state index is 14.3. The molecule has 7 nitrogen and oxygen atoms in total. The summed E-state index contributed by atoms with van der Waals surface area (Å²) in [7, 11) is 1.89. The van der Waals surface area contributed by atoms with Crippen molar-refractivity contribution in [3.8, 4) is 0 Å². The van der Waals surface area contributed by atoms with Gasteiger partial charge in [0.15, 0.2) is 0 Å². The van der Waals surface area contributed by atoms with E-state index in [0.29, 0.717) is 49.5 Å². The average Bonchev–Trinajstić information content (AvgIpc) is 3.52. The third kappa shape index (κ3) is 4.23. The lowest BCUT2D eigenvalue weighted by atomic mass is 9.75. The molecule has 3 aromatic rings. The van der Waals surface area contributed by atoms with Gasteiger partial charge in [0.05, 0.1) is 25.3 Å². The number of hydrogen-bond donors (Lipinski definition) is 0. The Balaban J connectivity index is 1.20. The van der Waals surface area contributed by atoms with Gasteiger partial charge in [-0.15, -0.1) is 10.2 Å². The molecule has 210 valence electrons. The summed E-state index contributed by atoms with van der Waals surface area (Å²) in [6.45, 7) is 1.35. The molecule has 2 bridgehead atoms. The first-order valence-corrected chi connectivity index (χ1v) is 14.0. The van der Waals surface area contributed by atoms with Crippen LogP contribution in [0.3, 0.4) is 0 Å². The topological polar surface area (TPSA) is 63.5 Å². The number of nitrogens with zero attached hydrogens (tertiary/aromatic N) is 5. The first kappa shape index (κ1) is 25.7. The van der Waals surface area contributed by atoms with Crippen molar-refractivity contribution in [1.29, 1.82) is 0 Å². The maximum Gasteiger partial charge on any atom is 0.416 e. The molecule has 10 heteroatoms. The fraction of sp³-hybridized carbons (Fsp3) is 0.500. The molecule has 3 saturated heterocycles. The van der Waals surface area contributed by atoms with Gasteiger partial charge in [-0.25, -0.2) is 0 Å². The summed E-state index contributed by atoms with van der Waals surface area (Å²) >= 11 is 0. The molecule has 0 spiro atoms. The number of rotatable bonds is 6. The molecule has 3 fully saturated rings. The van der Waals surface area contributed by atoms with Gasteiger partial charge >= 0.3 is 6.18 Å². The van der Waals surface area contributed by atoms with E-state index in [2.05, 4.69) is 15.1 Å². The zero-order chi connectivity index (χ0) is 27.6. The molecule has 0 N–H and O–H groups in total. The van der Waals surface area contributed by atoms with E-state index in [4.69, 9.17) is 4.74 Å².